The highest BCUT2D eigenvalue weighted by Crippen LogP contribution is 2.18. The first kappa shape index (κ1) is 18.0. The normalized spacial score (nSPS) is 11.0. The molecule has 5 nitrogen and oxygen atoms in total. The van der Waals surface area contributed by atoms with Crippen molar-refractivity contribution in [3.05, 3.63) is 29.3 Å². The van der Waals surface area contributed by atoms with Gasteiger partial charge < -0.3 is 15.0 Å². The van der Waals surface area contributed by atoms with Crippen LogP contribution >= 0.6 is 0 Å². The molecule has 0 bridgehead atoms. The number of ether oxygens (including phenoxy) is 1. The second kappa shape index (κ2) is 7.29. The van der Waals surface area contributed by atoms with Gasteiger partial charge in [-0.3, -0.25) is 4.79 Å². The van der Waals surface area contributed by atoms with Gasteiger partial charge in [-0.2, -0.15) is 0 Å². The Bertz CT molecular complexity index is 527. The molecule has 0 aliphatic heterocycles. The fourth-order valence-corrected chi connectivity index (χ4v) is 2.16. The van der Waals surface area contributed by atoms with Gasteiger partial charge in [0.05, 0.1) is 0 Å². The van der Waals surface area contributed by atoms with Crippen molar-refractivity contribution in [2.24, 2.45) is 0 Å². The minimum Gasteiger partial charge on any atom is -0.444 e. The van der Waals surface area contributed by atoms with E-state index in [1.54, 1.807) is 4.90 Å². The van der Waals surface area contributed by atoms with Crippen molar-refractivity contribution < 1.29 is 14.3 Å². The molecule has 0 aromatic heterocycles. The number of hydrogen-bond donors (Lipinski definition) is 1. The highest BCUT2D eigenvalue weighted by molar-refractivity contribution is 5.91. The van der Waals surface area contributed by atoms with Crippen LogP contribution in [0, 0.1) is 13.8 Å². The largest absolute Gasteiger partial charge is 0.444 e. The zero-order valence-electron chi connectivity index (χ0n) is 14.3. The summed E-state index contributed by atoms with van der Waals surface area (Å²) in [6.07, 6.45) is -0.476. The third kappa shape index (κ3) is 6.16. The van der Waals surface area contributed by atoms with Crippen LogP contribution in [-0.2, 0) is 9.53 Å². The summed E-state index contributed by atoms with van der Waals surface area (Å²) in [4.78, 5) is 25.1. The van der Waals surface area contributed by atoms with E-state index >= 15 is 0 Å². The molecule has 0 saturated carbocycles. The average molecular weight is 306 g/mol. The Morgan fingerprint density at radius 2 is 1.68 bits per heavy atom. The third-order valence-electron chi connectivity index (χ3n) is 2.90. The Kier molecular flexibility index (Phi) is 5.97. The van der Waals surface area contributed by atoms with Crippen molar-refractivity contribution in [3.8, 4) is 0 Å². The van der Waals surface area contributed by atoms with Gasteiger partial charge in [-0.05, 0) is 57.9 Å². The highest BCUT2D eigenvalue weighted by atomic mass is 16.6. The Balaban J connectivity index is 2.66. The molecule has 0 spiro atoms. The lowest BCUT2D eigenvalue weighted by atomic mass is 10.1. The summed E-state index contributed by atoms with van der Waals surface area (Å²) in [6.45, 7) is 11.7. The number of alkyl carbamates (subject to hydrolysis) is 1. The van der Waals surface area contributed by atoms with Crippen molar-refractivity contribution in [1.82, 2.24) is 5.32 Å². The molecular formula is C17H26N2O3. The van der Waals surface area contributed by atoms with Gasteiger partial charge in [0.2, 0.25) is 5.91 Å². The molecule has 0 saturated heterocycles. The van der Waals surface area contributed by atoms with E-state index in [0.717, 1.165) is 16.8 Å². The number of hydrogen-bond acceptors (Lipinski definition) is 3. The minimum absolute atomic E-state index is 0.0593. The van der Waals surface area contributed by atoms with Crippen LogP contribution in [0.2, 0.25) is 0 Å². The SMILES string of the molecule is CC(=O)N(CCNC(=O)OC(C)(C)C)c1cc(C)cc(C)c1. The summed E-state index contributed by atoms with van der Waals surface area (Å²) in [6, 6.07) is 5.98. The van der Waals surface area contributed by atoms with Crippen molar-refractivity contribution in [2.45, 2.75) is 47.1 Å². The van der Waals surface area contributed by atoms with Crippen LogP contribution in [-0.4, -0.2) is 30.7 Å². The molecule has 5 heteroatoms. The van der Waals surface area contributed by atoms with Crippen LogP contribution < -0.4 is 10.2 Å². The quantitative estimate of drug-likeness (QED) is 0.929. The van der Waals surface area contributed by atoms with E-state index in [9.17, 15) is 9.59 Å². The van der Waals surface area contributed by atoms with Gasteiger partial charge in [0.15, 0.2) is 0 Å². The fraction of sp³-hybridized carbons (Fsp3) is 0.529. The number of nitrogens with one attached hydrogen (secondary N) is 1. The van der Waals surface area contributed by atoms with E-state index in [0.29, 0.717) is 13.1 Å². The lowest BCUT2D eigenvalue weighted by Gasteiger charge is -2.23. The molecule has 0 unspecified atom stereocenters. The van der Waals surface area contributed by atoms with E-state index in [4.69, 9.17) is 4.74 Å². The summed E-state index contributed by atoms with van der Waals surface area (Å²) in [5, 5.41) is 2.67. The second-order valence-electron chi connectivity index (χ2n) is 6.45. The Labute approximate surface area is 132 Å². The fourth-order valence-electron chi connectivity index (χ4n) is 2.16. The topological polar surface area (TPSA) is 58.6 Å². The van der Waals surface area contributed by atoms with Gasteiger partial charge in [-0.1, -0.05) is 6.07 Å². The molecule has 0 atom stereocenters. The molecule has 2 amide bonds. The predicted molar refractivity (Wildman–Crippen MR) is 88.2 cm³/mol. The minimum atomic E-state index is -0.530. The van der Waals surface area contributed by atoms with Crippen molar-refractivity contribution in [2.75, 3.05) is 18.0 Å². The number of amides is 2. The molecular weight excluding hydrogens is 280 g/mol. The van der Waals surface area contributed by atoms with E-state index in [-0.39, 0.29) is 5.91 Å². The third-order valence-corrected chi connectivity index (χ3v) is 2.90. The molecule has 0 heterocycles. The van der Waals surface area contributed by atoms with Crippen LogP contribution in [0.3, 0.4) is 0 Å². The number of anilines is 1. The molecule has 1 aromatic carbocycles. The molecule has 0 aliphatic rings. The lowest BCUT2D eigenvalue weighted by Crippen LogP contribution is -2.39. The van der Waals surface area contributed by atoms with E-state index < -0.39 is 11.7 Å². The van der Waals surface area contributed by atoms with Crippen molar-refractivity contribution in [1.29, 1.82) is 0 Å². The number of benzene rings is 1. The summed E-state index contributed by atoms with van der Waals surface area (Å²) in [5.41, 5.74) is 2.51. The smallest absolute Gasteiger partial charge is 0.407 e. The van der Waals surface area contributed by atoms with Crippen LogP contribution in [0.15, 0.2) is 18.2 Å². The van der Waals surface area contributed by atoms with E-state index in [1.807, 2.05) is 46.8 Å². The lowest BCUT2D eigenvalue weighted by molar-refractivity contribution is -0.116. The summed E-state index contributed by atoms with van der Waals surface area (Å²) < 4.78 is 5.17. The van der Waals surface area contributed by atoms with E-state index in [1.165, 1.54) is 6.92 Å². The maximum Gasteiger partial charge on any atom is 0.407 e. The van der Waals surface area contributed by atoms with Gasteiger partial charge in [-0.15, -0.1) is 0 Å². The van der Waals surface area contributed by atoms with E-state index in [2.05, 4.69) is 11.4 Å². The van der Waals surface area contributed by atoms with Gasteiger partial charge in [-0.25, -0.2) is 4.79 Å². The summed E-state index contributed by atoms with van der Waals surface area (Å²) >= 11 is 0. The first-order valence-electron chi connectivity index (χ1n) is 7.42. The molecule has 1 aromatic rings. The molecule has 0 fully saturated rings. The van der Waals surface area contributed by atoms with Crippen molar-refractivity contribution in [3.63, 3.8) is 0 Å². The van der Waals surface area contributed by atoms with Crippen LogP contribution in [0.5, 0.6) is 0 Å². The van der Waals surface area contributed by atoms with Gasteiger partial charge in [0.25, 0.3) is 0 Å². The zero-order chi connectivity index (χ0) is 16.9. The first-order chi connectivity index (χ1) is 10.1. The van der Waals surface area contributed by atoms with Crippen LogP contribution in [0.1, 0.15) is 38.8 Å². The second-order valence-corrected chi connectivity index (χ2v) is 6.45. The van der Waals surface area contributed by atoms with Gasteiger partial charge >= 0.3 is 6.09 Å². The summed E-state index contributed by atoms with van der Waals surface area (Å²) in [5.74, 6) is -0.0593. The maximum atomic E-state index is 11.9. The number of aryl methyl sites for hydroxylation is 2. The number of carbonyl (C=O) groups excluding carboxylic acids is 2. The molecule has 22 heavy (non-hydrogen) atoms. The standard InChI is InChI=1S/C17H26N2O3/c1-12-9-13(2)11-15(10-12)19(14(3)20)8-7-18-16(21)22-17(4,5)6/h9-11H,7-8H2,1-6H3,(H,18,21). The van der Waals surface area contributed by atoms with Crippen LogP contribution in [0.4, 0.5) is 10.5 Å². The number of nitrogens with zero attached hydrogens (tertiary/aromatic N) is 1. The van der Waals surface area contributed by atoms with Crippen molar-refractivity contribution >= 4 is 17.7 Å². The molecule has 122 valence electrons. The maximum absolute atomic E-state index is 11.9. The Hall–Kier alpha value is -2.04. The first-order valence-corrected chi connectivity index (χ1v) is 7.42. The summed E-state index contributed by atoms with van der Waals surface area (Å²) in [7, 11) is 0. The Morgan fingerprint density at radius 3 is 2.14 bits per heavy atom. The molecule has 0 radical (unpaired) electrons. The Morgan fingerprint density at radius 1 is 1.14 bits per heavy atom. The molecule has 1 rings (SSSR count). The van der Waals surface area contributed by atoms with Gasteiger partial charge in [0, 0.05) is 25.7 Å². The zero-order valence-corrected chi connectivity index (χ0v) is 14.3. The van der Waals surface area contributed by atoms with Crippen LogP contribution in [0.25, 0.3) is 0 Å². The molecule has 0 aliphatic carbocycles. The predicted octanol–water partition coefficient (Wildman–Crippen LogP) is 3.18. The highest BCUT2D eigenvalue weighted by Gasteiger charge is 2.17. The monoisotopic (exact) mass is 306 g/mol. The number of rotatable bonds is 4. The molecule has 1 N–H and O–H groups in total. The average Bonchev–Trinajstić information content (AvgIpc) is 2.30. The van der Waals surface area contributed by atoms with Gasteiger partial charge in [0.1, 0.15) is 5.60 Å². The number of carbonyl (C=O) groups is 2.